The van der Waals surface area contributed by atoms with Gasteiger partial charge in [0.2, 0.25) is 5.91 Å². The molecule has 3 rings (SSSR count). The van der Waals surface area contributed by atoms with Crippen LogP contribution >= 0.6 is 0 Å². The average Bonchev–Trinajstić information content (AvgIpc) is 3.20. The highest BCUT2D eigenvalue weighted by Gasteiger charge is 2.10. The zero-order valence-electron chi connectivity index (χ0n) is 12.8. The minimum Gasteiger partial charge on any atom is -0.472 e. The number of nitrogens with one attached hydrogen (secondary N) is 1. The zero-order valence-corrected chi connectivity index (χ0v) is 12.8. The van der Waals surface area contributed by atoms with Crippen LogP contribution in [0, 0.1) is 0 Å². The van der Waals surface area contributed by atoms with E-state index in [9.17, 15) is 9.90 Å². The molecule has 1 atom stereocenters. The van der Waals surface area contributed by atoms with Gasteiger partial charge in [0.25, 0.3) is 0 Å². The second kappa shape index (κ2) is 6.54. The van der Waals surface area contributed by atoms with Gasteiger partial charge < -0.3 is 19.4 Å². The predicted molar refractivity (Wildman–Crippen MR) is 88.6 cm³/mol. The fourth-order valence-electron chi connectivity index (χ4n) is 2.42. The first-order valence-corrected chi connectivity index (χ1v) is 7.34. The molecule has 2 heterocycles. The summed E-state index contributed by atoms with van der Waals surface area (Å²) in [6.45, 7) is 0.160. The predicted octanol–water partition coefficient (Wildman–Crippen LogP) is 2.63. The molecule has 5 heteroatoms. The van der Waals surface area contributed by atoms with E-state index >= 15 is 0 Å². The van der Waals surface area contributed by atoms with E-state index in [1.54, 1.807) is 24.7 Å². The lowest BCUT2D eigenvalue weighted by atomic mass is 10.1. The number of hydrogen-bond acceptors (Lipinski definition) is 3. The number of furan rings is 1. The van der Waals surface area contributed by atoms with Crippen LogP contribution in [-0.4, -0.2) is 22.1 Å². The minimum atomic E-state index is -0.745. The number of carbonyl (C=O) groups is 1. The highest BCUT2D eigenvalue weighted by Crippen LogP contribution is 2.20. The number of aliphatic hydroxyl groups is 1. The molecule has 2 aromatic heterocycles. The molecule has 23 heavy (non-hydrogen) atoms. The Hall–Kier alpha value is -2.79. The lowest BCUT2D eigenvalue weighted by Crippen LogP contribution is -2.26. The average molecular weight is 310 g/mol. The van der Waals surface area contributed by atoms with Crippen molar-refractivity contribution in [1.29, 1.82) is 0 Å². The van der Waals surface area contributed by atoms with Crippen LogP contribution in [0.3, 0.4) is 0 Å². The molecule has 5 nitrogen and oxygen atoms in total. The summed E-state index contributed by atoms with van der Waals surface area (Å²) in [6, 6.07) is 9.54. The maximum Gasteiger partial charge on any atom is 0.244 e. The number of fused-ring (bicyclic) bond motifs is 1. The van der Waals surface area contributed by atoms with Crippen LogP contribution in [0.2, 0.25) is 0 Å². The van der Waals surface area contributed by atoms with Crippen LogP contribution < -0.4 is 5.32 Å². The number of nitrogens with zero attached hydrogens (tertiary/aromatic N) is 1. The molecule has 1 aromatic carbocycles. The number of carbonyl (C=O) groups excluding carboxylic acids is 1. The standard InChI is InChI=1S/C18H18N2O3/c1-20-8-6-14-10-15(3-4-16(14)20)17(21)11-19-18(22)5-2-13-7-9-23-12-13/h2-10,12,17,21H,11H2,1H3,(H,19,22)/b5-2+. The molecule has 0 aliphatic heterocycles. The zero-order chi connectivity index (χ0) is 16.2. The largest absolute Gasteiger partial charge is 0.472 e. The molecular formula is C18H18N2O3. The fraction of sp³-hybridized carbons (Fsp3) is 0.167. The van der Waals surface area contributed by atoms with Crippen LogP contribution in [0.1, 0.15) is 17.2 Å². The van der Waals surface area contributed by atoms with Gasteiger partial charge in [-0.15, -0.1) is 0 Å². The van der Waals surface area contributed by atoms with Gasteiger partial charge in [0, 0.05) is 36.9 Å². The summed E-state index contributed by atoms with van der Waals surface area (Å²) in [4.78, 5) is 11.7. The van der Waals surface area contributed by atoms with Gasteiger partial charge in [-0.2, -0.15) is 0 Å². The van der Waals surface area contributed by atoms with E-state index in [0.717, 1.165) is 22.0 Å². The van der Waals surface area contributed by atoms with Crippen molar-refractivity contribution in [2.24, 2.45) is 7.05 Å². The highest BCUT2D eigenvalue weighted by molar-refractivity contribution is 5.91. The van der Waals surface area contributed by atoms with Crippen molar-refractivity contribution in [3.8, 4) is 0 Å². The van der Waals surface area contributed by atoms with Crippen molar-refractivity contribution in [2.45, 2.75) is 6.10 Å². The first-order valence-electron chi connectivity index (χ1n) is 7.34. The number of aliphatic hydroxyl groups excluding tert-OH is 1. The van der Waals surface area contributed by atoms with Gasteiger partial charge in [0.05, 0.1) is 18.6 Å². The molecule has 0 spiro atoms. The third-order valence-corrected chi connectivity index (χ3v) is 3.73. The highest BCUT2D eigenvalue weighted by atomic mass is 16.3. The van der Waals surface area contributed by atoms with E-state index < -0.39 is 6.10 Å². The monoisotopic (exact) mass is 310 g/mol. The maximum absolute atomic E-state index is 11.7. The van der Waals surface area contributed by atoms with Gasteiger partial charge in [-0.25, -0.2) is 0 Å². The third kappa shape index (κ3) is 3.52. The van der Waals surface area contributed by atoms with Crippen molar-refractivity contribution in [3.05, 3.63) is 66.3 Å². The van der Waals surface area contributed by atoms with E-state index in [1.165, 1.54) is 6.08 Å². The molecule has 0 saturated heterocycles. The number of rotatable bonds is 5. The molecule has 0 fully saturated rings. The first-order chi connectivity index (χ1) is 11.1. The summed E-state index contributed by atoms with van der Waals surface area (Å²) < 4.78 is 6.94. The van der Waals surface area contributed by atoms with Crippen molar-refractivity contribution >= 4 is 22.9 Å². The number of hydrogen-bond donors (Lipinski definition) is 2. The van der Waals surface area contributed by atoms with E-state index in [0.29, 0.717) is 0 Å². The molecule has 0 aliphatic rings. The van der Waals surface area contributed by atoms with Gasteiger partial charge in [0.15, 0.2) is 0 Å². The van der Waals surface area contributed by atoms with Crippen LogP contribution in [0.25, 0.3) is 17.0 Å². The maximum atomic E-state index is 11.7. The van der Waals surface area contributed by atoms with Crippen molar-refractivity contribution in [2.75, 3.05) is 6.54 Å². The summed E-state index contributed by atoms with van der Waals surface area (Å²) in [5, 5.41) is 14.0. The topological polar surface area (TPSA) is 67.4 Å². The lowest BCUT2D eigenvalue weighted by Gasteiger charge is -2.12. The number of benzene rings is 1. The molecule has 1 amide bonds. The van der Waals surface area contributed by atoms with Crippen molar-refractivity contribution in [1.82, 2.24) is 9.88 Å². The Balaban J connectivity index is 1.59. The Labute approximate surface area is 133 Å². The normalized spacial score (nSPS) is 12.8. The van der Waals surface area contributed by atoms with Crippen LogP contribution in [-0.2, 0) is 11.8 Å². The Morgan fingerprint density at radius 2 is 2.26 bits per heavy atom. The van der Waals surface area contributed by atoms with Gasteiger partial charge in [0.1, 0.15) is 0 Å². The second-order valence-electron chi connectivity index (χ2n) is 5.40. The summed E-state index contributed by atoms with van der Waals surface area (Å²) in [6.07, 6.45) is 7.39. The van der Waals surface area contributed by atoms with Gasteiger partial charge in [-0.05, 0) is 41.3 Å². The number of aromatic nitrogens is 1. The molecule has 0 aliphatic carbocycles. The van der Waals surface area contributed by atoms with Crippen molar-refractivity contribution in [3.63, 3.8) is 0 Å². The molecule has 0 bridgehead atoms. The van der Waals surface area contributed by atoms with Gasteiger partial charge in [-0.1, -0.05) is 6.07 Å². The van der Waals surface area contributed by atoms with Crippen LogP contribution in [0.15, 0.2) is 59.5 Å². The van der Waals surface area contributed by atoms with E-state index in [1.807, 2.05) is 42.1 Å². The minimum absolute atomic E-state index is 0.160. The summed E-state index contributed by atoms with van der Waals surface area (Å²) in [5.74, 6) is -0.258. The summed E-state index contributed by atoms with van der Waals surface area (Å²) in [7, 11) is 1.98. The molecule has 3 aromatic rings. The SMILES string of the molecule is Cn1ccc2cc(C(O)CNC(=O)/C=C/c3ccoc3)ccc21. The van der Waals surface area contributed by atoms with E-state index in [-0.39, 0.29) is 12.5 Å². The molecule has 0 saturated carbocycles. The van der Waals surface area contributed by atoms with E-state index in [4.69, 9.17) is 4.42 Å². The summed E-state index contributed by atoms with van der Waals surface area (Å²) >= 11 is 0. The van der Waals surface area contributed by atoms with Crippen molar-refractivity contribution < 1.29 is 14.3 Å². The molecule has 1 unspecified atom stereocenters. The third-order valence-electron chi connectivity index (χ3n) is 3.73. The Morgan fingerprint density at radius 1 is 1.39 bits per heavy atom. The Kier molecular flexibility index (Phi) is 4.30. The van der Waals surface area contributed by atoms with Crippen LogP contribution in [0.4, 0.5) is 0 Å². The first kappa shape index (κ1) is 15.1. The number of aryl methyl sites for hydroxylation is 1. The van der Waals surface area contributed by atoms with E-state index in [2.05, 4.69) is 5.32 Å². The Morgan fingerprint density at radius 3 is 3.04 bits per heavy atom. The van der Waals surface area contributed by atoms with Gasteiger partial charge >= 0.3 is 0 Å². The number of amides is 1. The molecular weight excluding hydrogens is 292 g/mol. The Bertz CT molecular complexity index is 831. The smallest absolute Gasteiger partial charge is 0.244 e. The van der Waals surface area contributed by atoms with Crippen LogP contribution in [0.5, 0.6) is 0 Å². The second-order valence-corrected chi connectivity index (χ2v) is 5.40. The van der Waals surface area contributed by atoms with Gasteiger partial charge in [-0.3, -0.25) is 4.79 Å². The quantitative estimate of drug-likeness (QED) is 0.712. The molecule has 2 N–H and O–H groups in total. The fourth-order valence-corrected chi connectivity index (χ4v) is 2.42. The molecule has 0 radical (unpaired) electrons. The molecule has 118 valence electrons. The lowest BCUT2D eigenvalue weighted by molar-refractivity contribution is -0.116. The summed E-state index contributed by atoms with van der Waals surface area (Å²) in [5.41, 5.74) is 2.70.